The Morgan fingerprint density at radius 3 is 2.54 bits per heavy atom. The Kier molecular flexibility index (Phi) is 6.16. The van der Waals surface area contributed by atoms with E-state index in [1.54, 1.807) is 18.2 Å². The van der Waals surface area contributed by atoms with E-state index < -0.39 is 12.0 Å². The number of aliphatic carboxylic acids is 1. The van der Waals surface area contributed by atoms with Crippen molar-refractivity contribution in [2.45, 2.75) is 31.8 Å². The standard InChI is InChI=1S/C21H21N3O4/c25-19(23-18(21(27)28)13-15-7-2-1-3-8-15)11-6-12-24-14-22-17-10-5-4-9-16(17)20(24)26/h1-5,7-10,14,18H,6,11-13H2,(H,23,25)(H,27,28)/t18-/m0/s1. The third-order valence-corrected chi connectivity index (χ3v) is 4.45. The van der Waals surface area contributed by atoms with Crippen molar-refractivity contribution in [3.63, 3.8) is 0 Å². The van der Waals surface area contributed by atoms with Crippen LogP contribution in [0.4, 0.5) is 0 Å². The molecule has 3 aromatic rings. The fourth-order valence-corrected chi connectivity index (χ4v) is 2.99. The molecule has 7 heteroatoms. The number of aromatic nitrogens is 2. The Labute approximate surface area is 161 Å². The lowest BCUT2D eigenvalue weighted by Crippen LogP contribution is -2.42. The summed E-state index contributed by atoms with van der Waals surface area (Å²) in [6.07, 6.45) is 2.22. The second-order valence-electron chi connectivity index (χ2n) is 6.51. The van der Waals surface area contributed by atoms with Crippen LogP contribution >= 0.6 is 0 Å². The van der Waals surface area contributed by atoms with Crippen LogP contribution in [0.1, 0.15) is 18.4 Å². The van der Waals surface area contributed by atoms with Gasteiger partial charge in [0.2, 0.25) is 5.91 Å². The molecule has 28 heavy (non-hydrogen) atoms. The maximum atomic E-state index is 12.4. The van der Waals surface area contributed by atoms with Crippen LogP contribution in [-0.2, 0) is 22.6 Å². The number of carbonyl (C=O) groups excluding carboxylic acids is 1. The monoisotopic (exact) mass is 379 g/mol. The summed E-state index contributed by atoms with van der Waals surface area (Å²) in [5.74, 6) is -1.43. The quantitative estimate of drug-likeness (QED) is 0.623. The highest BCUT2D eigenvalue weighted by atomic mass is 16.4. The van der Waals surface area contributed by atoms with Gasteiger partial charge < -0.3 is 10.4 Å². The van der Waals surface area contributed by atoms with E-state index in [4.69, 9.17) is 0 Å². The number of carboxylic acids is 1. The predicted octanol–water partition coefficient (Wildman–Crippen LogP) is 1.99. The van der Waals surface area contributed by atoms with E-state index in [1.807, 2.05) is 36.4 Å². The van der Waals surface area contributed by atoms with Crippen LogP contribution in [0.2, 0.25) is 0 Å². The maximum Gasteiger partial charge on any atom is 0.326 e. The number of hydrogen-bond donors (Lipinski definition) is 2. The molecule has 0 saturated carbocycles. The molecule has 0 bridgehead atoms. The van der Waals surface area contributed by atoms with Gasteiger partial charge in [-0.2, -0.15) is 0 Å². The molecular formula is C21H21N3O4. The lowest BCUT2D eigenvalue weighted by atomic mass is 10.1. The molecule has 2 aromatic carbocycles. The van der Waals surface area contributed by atoms with Crippen LogP contribution in [-0.4, -0.2) is 32.6 Å². The molecule has 0 aliphatic heterocycles. The molecule has 0 saturated heterocycles. The average molecular weight is 379 g/mol. The normalized spacial score (nSPS) is 11.9. The molecule has 0 spiro atoms. The van der Waals surface area contributed by atoms with Gasteiger partial charge in [0.15, 0.2) is 0 Å². The molecular weight excluding hydrogens is 358 g/mol. The Morgan fingerprint density at radius 1 is 1.07 bits per heavy atom. The van der Waals surface area contributed by atoms with Crippen molar-refractivity contribution in [3.05, 3.63) is 76.8 Å². The largest absolute Gasteiger partial charge is 0.480 e. The molecule has 7 nitrogen and oxygen atoms in total. The number of amides is 1. The predicted molar refractivity (Wildman–Crippen MR) is 105 cm³/mol. The first-order chi connectivity index (χ1) is 13.5. The Balaban J connectivity index is 1.55. The number of nitrogens with one attached hydrogen (secondary N) is 1. The molecule has 0 unspecified atom stereocenters. The van der Waals surface area contributed by atoms with Gasteiger partial charge in [-0.1, -0.05) is 42.5 Å². The van der Waals surface area contributed by atoms with Gasteiger partial charge in [0.1, 0.15) is 6.04 Å². The first kappa shape index (κ1) is 19.3. The van der Waals surface area contributed by atoms with Crippen molar-refractivity contribution < 1.29 is 14.7 Å². The van der Waals surface area contributed by atoms with Crippen molar-refractivity contribution in [1.82, 2.24) is 14.9 Å². The molecule has 1 amide bonds. The van der Waals surface area contributed by atoms with Crippen LogP contribution in [0.5, 0.6) is 0 Å². The number of fused-ring (bicyclic) bond motifs is 1. The number of benzene rings is 2. The minimum Gasteiger partial charge on any atom is -0.480 e. The average Bonchev–Trinajstić information content (AvgIpc) is 2.70. The van der Waals surface area contributed by atoms with Gasteiger partial charge in [0, 0.05) is 19.4 Å². The molecule has 1 aromatic heterocycles. The van der Waals surface area contributed by atoms with Gasteiger partial charge in [-0.15, -0.1) is 0 Å². The van der Waals surface area contributed by atoms with E-state index in [0.717, 1.165) is 5.56 Å². The van der Waals surface area contributed by atoms with Crippen molar-refractivity contribution in [3.8, 4) is 0 Å². The number of hydrogen-bond acceptors (Lipinski definition) is 4. The van der Waals surface area contributed by atoms with Gasteiger partial charge in [0.25, 0.3) is 5.56 Å². The Bertz CT molecular complexity index is 1030. The first-order valence-electron chi connectivity index (χ1n) is 9.05. The zero-order chi connectivity index (χ0) is 19.9. The summed E-state index contributed by atoms with van der Waals surface area (Å²) in [6, 6.07) is 15.2. The second-order valence-corrected chi connectivity index (χ2v) is 6.51. The molecule has 0 aliphatic rings. The van der Waals surface area contributed by atoms with Gasteiger partial charge in [-0.05, 0) is 24.1 Å². The summed E-state index contributed by atoms with van der Waals surface area (Å²) in [5.41, 5.74) is 1.31. The lowest BCUT2D eigenvalue weighted by molar-refractivity contribution is -0.141. The lowest BCUT2D eigenvalue weighted by Gasteiger charge is -2.15. The fraction of sp³-hybridized carbons (Fsp3) is 0.238. The topological polar surface area (TPSA) is 101 Å². The third kappa shape index (κ3) is 4.82. The summed E-state index contributed by atoms with van der Waals surface area (Å²) in [5, 5.41) is 12.4. The van der Waals surface area contributed by atoms with Crippen LogP contribution < -0.4 is 10.9 Å². The number of rotatable bonds is 8. The Morgan fingerprint density at radius 2 is 1.79 bits per heavy atom. The number of para-hydroxylation sites is 1. The zero-order valence-electron chi connectivity index (χ0n) is 15.2. The number of carboxylic acid groups (broad SMARTS) is 1. The number of aryl methyl sites for hydroxylation is 1. The van der Waals surface area contributed by atoms with Gasteiger partial charge in [-0.25, -0.2) is 9.78 Å². The van der Waals surface area contributed by atoms with Crippen molar-refractivity contribution in [2.75, 3.05) is 0 Å². The fourth-order valence-electron chi connectivity index (χ4n) is 2.99. The molecule has 2 N–H and O–H groups in total. The molecule has 1 atom stereocenters. The highest BCUT2D eigenvalue weighted by Crippen LogP contribution is 2.06. The van der Waals surface area contributed by atoms with Crippen LogP contribution in [0.25, 0.3) is 10.9 Å². The molecule has 0 aliphatic carbocycles. The SMILES string of the molecule is O=C(CCCn1cnc2ccccc2c1=O)N[C@@H](Cc1ccccc1)C(=O)O. The number of carbonyl (C=O) groups is 2. The van der Waals surface area contributed by atoms with Crippen LogP contribution in [0.15, 0.2) is 65.7 Å². The summed E-state index contributed by atoms with van der Waals surface area (Å²) in [4.78, 5) is 40.3. The zero-order valence-corrected chi connectivity index (χ0v) is 15.2. The molecule has 0 radical (unpaired) electrons. The van der Waals surface area contributed by atoms with E-state index >= 15 is 0 Å². The Hall–Kier alpha value is -3.48. The van der Waals surface area contributed by atoms with E-state index in [1.165, 1.54) is 10.9 Å². The minimum atomic E-state index is -1.08. The maximum absolute atomic E-state index is 12.4. The van der Waals surface area contributed by atoms with Gasteiger partial charge >= 0.3 is 5.97 Å². The van der Waals surface area contributed by atoms with E-state index in [2.05, 4.69) is 10.3 Å². The summed E-state index contributed by atoms with van der Waals surface area (Å²) in [7, 11) is 0. The second kappa shape index (κ2) is 8.94. The van der Waals surface area contributed by atoms with Crippen molar-refractivity contribution in [2.24, 2.45) is 0 Å². The summed E-state index contributed by atoms with van der Waals surface area (Å²) in [6.45, 7) is 0.334. The summed E-state index contributed by atoms with van der Waals surface area (Å²) >= 11 is 0. The highest BCUT2D eigenvalue weighted by molar-refractivity contribution is 5.83. The van der Waals surface area contributed by atoms with E-state index in [-0.39, 0.29) is 24.3 Å². The van der Waals surface area contributed by atoms with Gasteiger partial charge in [0.05, 0.1) is 17.2 Å². The van der Waals surface area contributed by atoms with Crippen LogP contribution in [0.3, 0.4) is 0 Å². The minimum absolute atomic E-state index is 0.123. The molecule has 3 rings (SSSR count). The summed E-state index contributed by atoms with van der Waals surface area (Å²) < 4.78 is 1.47. The molecule has 144 valence electrons. The van der Waals surface area contributed by atoms with Crippen molar-refractivity contribution >= 4 is 22.8 Å². The third-order valence-electron chi connectivity index (χ3n) is 4.45. The van der Waals surface area contributed by atoms with Crippen molar-refractivity contribution in [1.29, 1.82) is 0 Å². The van der Waals surface area contributed by atoms with E-state index in [0.29, 0.717) is 23.9 Å². The van der Waals surface area contributed by atoms with Gasteiger partial charge in [-0.3, -0.25) is 14.2 Å². The smallest absolute Gasteiger partial charge is 0.326 e. The first-order valence-corrected chi connectivity index (χ1v) is 9.05. The van der Waals surface area contributed by atoms with E-state index in [9.17, 15) is 19.5 Å². The highest BCUT2D eigenvalue weighted by Gasteiger charge is 2.20. The number of nitrogens with zero attached hydrogens (tertiary/aromatic N) is 2. The molecule has 0 fully saturated rings. The molecule has 1 heterocycles. The van der Waals surface area contributed by atoms with Crippen LogP contribution in [0, 0.1) is 0 Å².